The molecule has 0 bridgehead atoms. The van der Waals surface area contributed by atoms with Crippen LogP contribution in [0.4, 0.5) is 0 Å². The summed E-state index contributed by atoms with van der Waals surface area (Å²) in [6.45, 7) is 2.33. The predicted molar refractivity (Wildman–Crippen MR) is 37.5 cm³/mol. The molecule has 1 heterocycles. The van der Waals surface area contributed by atoms with Gasteiger partial charge in [-0.2, -0.15) is 0 Å². The van der Waals surface area contributed by atoms with Crippen molar-refractivity contribution in [3.8, 4) is 0 Å². The first kappa shape index (κ1) is 6.16. The summed E-state index contributed by atoms with van der Waals surface area (Å²) in [5.41, 5.74) is 0. The van der Waals surface area contributed by atoms with Crippen LogP contribution in [-0.2, 0) is 4.79 Å². The van der Waals surface area contributed by atoms with Crippen LogP contribution in [0.15, 0.2) is 0 Å². The fourth-order valence-corrected chi connectivity index (χ4v) is 2.06. The van der Waals surface area contributed by atoms with E-state index in [2.05, 4.69) is 17.3 Å². The SMILES string of the molecule is CN1CC2C(C1)C2NC=O. The van der Waals surface area contributed by atoms with E-state index < -0.39 is 0 Å². The number of carbonyl (C=O) groups excluding carboxylic acids is 1. The second-order valence-electron chi connectivity index (χ2n) is 3.36. The van der Waals surface area contributed by atoms with E-state index in [4.69, 9.17) is 0 Å². The summed E-state index contributed by atoms with van der Waals surface area (Å²) < 4.78 is 0. The Kier molecular flexibility index (Phi) is 1.20. The topological polar surface area (TPSA) is 32.3 Å². The van der Waals surface area contributed by atoms with Gasteiger partial charge in [0.25, 0.3) is 0 Å². The number of amides is 1. The molecule has 2 fully saturated rings. The van der Waals surface area contributed by atoms with Crippen LogP contribution in [0.1, 0.15) is 0 Å². The molecular weight excluding hydrogens is 128 g/mol. The van der Waals surface area contributed by atoms with Gasteiger partial charge in [0.1, 0.15) is 0 Å². The van der Waals surface area contributed by atoms with Crippen molar-refractivity contribution in [2.24, 2.45) is 11.8 Å². The molecule has 3 heteroatoms. The van der Waals surface area contributed by atoms with Gasteiger partial charge in [0, 0.05) is 19.1 Å². The van der Waals surface area contributed by atoms with Crippen LogP contribution in [0.3, 0.4) is 0 Å². The van der Waals surface area contributed by atoms with Crippen molar-refractivity contribution in [2.45, 2.75) is 6.04 Å². The van der Waals surface area contributed by atoms with Crippen LogP contribution >= 0.6 is 0 Å². The molecular formula is C7H12N2O. The molecule has 0 radical (unpaired) electrons. The summed E-state index contributed by atoms with van der Waals surface area (Å²) >= 11 is 0. The van der Waals surface area contributed by atoms with E-state index in [1.54, 1.807) is 0 Å². The van der Waals surface area contributed by atoms with Crippen molar-refractivity contribution in [3.05, 3.63) is 0 Å². The third-order valence-electron chi connectivity index (χ3n) is 2.64. The second kappa shape index (κ2) is 1.95. The molecule has 0 spiro atoms. The van der Waals surface area contributed by atoms with Gasteiger partial charge in [-0.05, 0) is 18.9 Å². The lowest BCUT2D eigenvalue weighted by Crippen LogP contribution is -2.27. The Balaban J connectivity index is 1.86. The number of nitrogens with zero attached hydrogens (tertiary/aromatic N) is 1. The molecule has 0 aromatic rings. The van der Waals surface area contributed by atoms with Gasteiger partial charge in [0.05, 0.1) is 0 Å². The van der Waals surface area contributed by atoms with Gasteiger partial charge < -0.3 is 10.2 Å². The maximum atomic E-state index is 10.0. The largest absolute Gasteiger partial charge is 0.355 e. The molecule has 56 valence electrons. The highest BCUT2D eigenvalue weighted by Crippen LogP contribution is 2.44. The number of rotatable bonds is 2. The molecule has 3 nitrogen and oxygen atoms in total. The van der Waals surface area contributed by atoms with Crippen molar-refractivity contribution < 1.29 is 4.79 Å². The lowest BCUT2D eigenvalue weighted by molar-refractivity contribution is -0.109. The summed E-state index contributed by atoms with van der Waals surface area (Å²) in [6.07, 6.45) is 0.822. The minimum absolute atomic E-state index is 0.508. The Hall–Kier alpha value is -0.570. The van der Waals surface area contributed by atoms with Crippen molar-refractivity contribution in [1.82, 2.24) is 10.2 Å². The maximum Gasteiger partial charge on any atom is 0.207 e. The number of hydrogen-bond donors (Lipinski definition) is 1. The molecule has 1 amide bonds. The van der Waals surface area contributed by atoms with E-state index in [0.29, 0.717) is 6.04 Å². The van der Waals surface area contributed by atoms with Crippen LogP contribution in [0.5, 0.6) is 0 Å². The van der Waals surface area contributed by atoms with Crippen LogP contribution in [0.25, 0.3) is 0 Å². The van der Waals surface area contributed by atoms with Gasteiger partial charge in [-0.25, -0.2) is 0 Å². The highest BCUT2D eigenvalue weighted by molar-refractivity contribution is 5.48. The average molecular weight is 140 g/mol. The zero-order valence-corrected chi connectivity index (χ0v) is 6.08. The third kappa shape index (κ3) is 0.736. The highest BCUT2D eigenvalue weighted by atomic mass is 16.1. The lowest BCUT2D eigenvalue weighted by atomic mass is 10.4. The Morgan fingerprint density at radius 1 is 1.50 bits per heavy atom. The molecule has 10 heavy (non-hydrogen) atoms. The van der Waals surface area contributed by atoms with Crippen LogP contribution < -0.4 is 5.32 Å². The van der Waals surface area contributed by atoms with E-state index in [1.165, 1.54) is 0 Å². The highest BCUT2D eigenvalue weighted by Gasteiger charge is 2.54. The lowest BCUT2D eigenvalue weighted by Gasteiger charge is -2.11. The van der Waals surface area contributed by atoms with Gasteiger partial charge in [-0.15, -0.1) is 0 Å². The smallest absolute Gasteiger partial charge is 0.207 e. The van der Waals surface area contributed by atoms with E-state index in [1.807, 2.05) is 0 Å². The summed E-state index contributed by atoms with van der Waals surface area (Å²) in [7, 11) is 2.13. The van der Waals surface area contributed by atoms with Crippen LogP contribution in [0.2, 0.25) is 0 Å². The number of fused-ring (bicyclic) bond motifs is 1. The van der Waals surface area contributed by atoms with Gasteiger partial charge in [0.15, 0.2) is 0 Å². The zero-order chi connectivity index (χ0) is 7.14. The molecule has 1 aliphatic carbocycles. The van der Waals surface area contributed by atoms with Crippen LogP contribution in [-0.4, -0.2) is 37.5 Å². The molecule has 2 aliphatic rings. The monoisotopic (exact) mass is 140 g/mol. The number of likely N-dealkylation sites (tertiary alicyclic amines) is 1. The first-order chi connectivity index (χ1) is 4.83. The van der Waals surface area contributed by atoms with Crippen molar-refractivity contribution in [1.29, 1.82) is 0 Å². The molecule has 2 atom stereocenters. The predicted octanol–water partition coefficient (Wildman–Crippen LogP) is -0.708. The van der Waals surface area contributed by atoms with Crippen molar-refractivity contribution in [3.63, 3.8) is 0 Å². The molecule has 0 aromatic carbocycles. The average Bonchev–Trinajstić information content (AvgIpc) is 2.43. The number of carbonyl (C=O) groups is 1. The van der Waals surface area contributed by atoms with Crippen molar-refractivity contribution in [2.75, 3.05) is 20.1 Å². The summed E-state index contributed by atoms with van der Waals surface area (Å²) in [5, 5.41) is 2.83. The molecule has 0 aromatic heterocycles. The van der Waals surface area contributed by atoms with E-state index in [0.717, 1.165) is 31.3 Å². The Labute approximate surface area is 60.4 Å². The molecule has 2 rings (SSSR count). The van der Waals surface area contributed by atoms with E-state index >= 15 is 0 Å². The Morgan fingerprint density at radius 2 is 2.10 bits per heavy atom. The van der Waals surface area contributed by atoms with E-state index in [9.17, 15) is 4.79 Å². The molecule has 1 N–H and O–H groups in total. The maximum absolute atomic E-state index is 10.0. The quantitative estimate of drug-likeness (QED) is 0.514. The van der Waals surface area contributed by atoms with Gasteiger partial charge in [-0.1, -0.05) is 0 Å². The molecule has 1 aliphatic heterocycles. The standard InChI is InChI=1S/C7H12N2O/c1-9-2-5-6(3-9)7(5)8-4-10/h4-7H,2-3H2,1H3,(H,8,10). The van der Waals surface area contributed by atoms with Crippen LogP contribution in [0, 0.1) is 11.8 Å². The third-order valence-corrected chi connectivity index (χ3v) is 2.64. The zero-order valence-electron chi connectivity index (χ0n) is 6.08. The molecule has 1 saturated heterocycles. The molecule has 2 unspecified atom stereocenters. The Bertz CT molecular complexity index is 148. The second-order valence-corrected chi connectivity index (χ2v) is 3.36. The number of nitrogens with one attached hydrogen (secondary N) is 1. The van der Waals surface area contributed by atoms with Gasteiger partial charge >= 0.3 is 0 Å². The normalized spacial score (nSPS) is 44.7. The number of piperidine rings is 1. The summed E-state index contributed by atoms with van der Waals surface area (Å²) in [5.74, 6) is 1.52. The first-order valence-corrected chi connectivity index (χ1v) is 3.71. The van der Waals surface area contributed by atoms with Gasteiger partial charge in [-0.3, -0.25) is 4.79 Å². The van der Waals surface area contributed by atoms with E-state index in [-0.39, 0.29) is 0 Å². The Morgan fingerprint density at radius 3 is 2.60 bits per heavy atom. The molecule has 1 saturated carbocycles. The summed E-state index contributed by atoms with van der Waals surface area (Å²) in [6, 6.07) is 0.508. The number of hydrogen-bond acceptors (Lipinski definition) is 2. The first-order valence-electron chi connectivity index (χ1n) is 3.71. The minimum Gasteiger partial charge on any atom is -0.355 e. The summed E-state index contributed by atoms with van der Waals surface area (Å²) in [4.78, 5) is 12.4. The fourth-order valence-electron chi connectivity index (χ4n) is 2.06. The van der Waals surface area contributed by atoms with Gasteiger partial charge in [0.2, 0.25) is 6.41 Å². The van der Waals surface area contributed by atoms with Crippen molar-refractivity contribution >= 4 is 6.41 Å². The fraction of sp³-hybridized carbons (Fsp3) is 0.857. The minimum atomic E-state index is 0.508.